The van der Waals surface area contributed by atoms with Crippen LogP contribution in [0.2, 0.25) is 0 Å². The first-order valence-electron chi connectivity index (χ1n) is 9.11. The minimum absolute atomic E-state index is 0.0173. The quantitative estimate of drug-likeness (QED) is 0.468. The summed E-state index contributed by atoms with van der Waals surface area (Å²) in [7, 11) is 0. The summed E-state index contributed by atoms with van der Waals surface area (Å²) in [5.41, 5.74) is 3.59. The number of amides is 1. The molecule has 6 heteroatoms. The molecule has 0 aliphatic rings. The summed E-state index contributed by atoms with van der Waals surface area (Å²) in [4.78, 5) is 21.6. The summed E-state index contributed by atoms with van der Waals surface area (Å²) in [5.74, 6) is 2.23. The van der Waals surface area contributed by atoms with E-state index in [0.717, 1.165) is 34.1 Å². The first-order valence-corrected chi connectivity index (χ1v) is 10.3. The number of imidazole rings is 1. The topological polar surface area (TPSA) is 59.3 Å². The Kier molecular flexibility index (Phi) is 5.68. The van der Waals surface area contributed by atoms with Crippen molar-refractivity contribution in [2.75, 3.05) is 11.1 Å². The number of carbonyl (C=O) groups is 1. The Hall–Kier alpha value is -3.12. The van der Waals surface area contributed by atoms with Crippen LogP contribution in [0.15, 0.2) is 79.1 Å². The Morgan fingerprint density at radius 2 is 1.82 bits per heavy atom. The molecule has 1 amide bonds. The number of anilines is 1. The molecule has 1 N–H and O–H groups in total. The number of fused-ring (bicyclic) bond motifs is 1. The maximum atomic E-state index is 12.6. The molecule has 0 saturated heterocycles. The molecule has 0 unspecified atom stereocenters. The molecule has 140 valence electrons. The van der Waals surface area contributed by atoms with Crippen molar-refractivity contribution in [3.05, 3.63) is 84.8 Å². The lowest BCUT2D eigenvalue weighted by molar-refractivity contribution is -0.115. The van der Waals surface area contributed by atoms with Crippen molar-refractivity contribution in [2.24, 2.45) is 0 Å². The van der Waals surface area contributed by atoms with Crippen LogP contribution in [0.5, 0.6) is 0 Å². The molecule has 0 aliphatic heterocycles. The minimum atomic E-state index is -0.0173. The van der Waals surface area contributed by atoms with E-state index < -0.39 is 0 Å². The van der Waals surface area contributed by atoms with Crippen LogP contribution >= 0.6 is 11.8 Å². The van der Waals surface area contributed by atoms with Crippen LogP contribution in [0.25, 0.3) is 16.9 Å². The predicted molar refractivity (Wildman–Crippen MR) is 114 cm³/mol. The number of nitrogens with zero attached hydrogens (tertiary/aromatic N) is 3. The van der Waals surface area contributed by atoms with Crippen LogP contribution in [0, 0.1) is 0 Å². The second-order valence-electron chi connectivity index (χ2n) is 6.28. The molecular formula is C22H20N4OS. The average molecular weight is 388 g/mol. The number of pyridine rings is 2. The monoisotopic (exact) mass is 388 g/mol. The molecule has 4 aromatic rings. The standard InChI is InChI=1S/C22H20N4OS/c27-20(12-15-28-16-18-10-4-6-13-23-18)25-22-21(17-8-2-1-3-9-17)24-19-11-5-7-14-26(19)22/h1-11,13-14H,12,15-16H2,(H,25,27). The summed E-state index contributed by atoms with van der Waals surface area (Å²) in [6.45, 7) is 0. The largest absolute Gasteiger partial charge is 0.310 e. The Balaban J connectivity index is 1.45. The summed E-state index contributed by atoms with van der Waals surface area (Å²) in [5, 5.41) is 3.06. The number of thioether (sulfide) groups is 1. The molecule has 0 saturated carbocycles. The molecule has 1 aromatic carbocycles. The second-order valence-corrected chi connectivity index (χ2v) is 7.38. The lowest BCUT2D eigenvalue weighted by atomic mass is 10.1. The van der Waals surface area contributed by atoms with Gasteiger partial charge in [0.2, 0.25) is 5.91 Å². The molecule has 4 rings (SSSR count). The third-order valence-electron chi connectivity index (χ3n) is 4.28. The molecule has 0 spiro atoms. The van der Waals surface area contributed by atoms with Crippen molar-refractivity contribution < 1.29 is 4.79 Å². The molecule has 0 radical (unpaired) electrons. The van der Waals surface area contributed by atoms with E-state index in [2.05, 4.69) is 10.3 Å². The van der Waals surface area contributed by atoms with Gasteiger partial charge in [-0.05, 0) is 24.3 Å². The average Bonchev–Trinajstić information content (AvgIpc) is 3.11. The number of hydrogen-bond acceptors (Lipinski definition) is 4. The van der Waals surface area contributed by atoms with Gasteiger partial charge in [-0.2, -0.15) is 11.8 Å². The number of aromatic nitrogens is 3. The summed E-state index contributed by atoms with van der Waals surface area (Å²) in [6, 6.07) is 21.6. The molecule has 0 atom stereocenters. The lowest BCUT2D eigenvalue weighted by Crippen LogP contribution is -2.14. The number of rotatable bonds is 7. The normalized spacial score (nSPS) is 10.9. The van der Waals surface area contributed by atoms with E-state index in [1.807, 2.05) is 77.3 Å². The molecule has 0 aliphatic carbocycles. The van der Waals surface area contributed by atoms with Gasteiger partial charge in [0.25, 0.3) is 0 Å². The molecule has 28 heavy (non-hydrogen) atoms. The van der Waals surface area contributed by atoms with E-state index in [-0.39, 0.29) is 5.91 Å². The van der Waals surface area contributed by atoms with Crippen LogP contribution in [-0.4, -0.2) is 26.0 Å². The fourth-order valence-electron chi connectivity index (χ4n) is 2.93. The maximum Gasteiger partial charge on any atom is 0.226 e. The van der Waals surface area contributed by atoms with Crippen LogP contribution in [0.3, 0.4) is 0 Å². The zero-order valence-corrected chi connectivity index (χ0v) is 16.1. The zero-order valence-electron chi connectivity index (χ0n) is 15.3. The summed E-state index contributed by atoms with van der Waals surface area (Å²) >= 11 is 1.71. The molecular weight excluding hydrogens is 368 g/mol. The van der Waals surface area contributed by atoms with Crippen LogP contribution in [-0.2, 0) is 10.5 Å². The highest BCUT2D eigenvalue weighted by Gasteiger charge is 2.16. The Morgan fingerprint density at radius 3 is 2.64 bits per heavy atom. The van der Waals surface area contributed by atoms with Gasteiger partial charge in [-0.25, -0.2) is 4.98 Å². The van der Waals surface area contributed by atoms with Crippen LogP contribution in [0.1, 0.15) is 12.1 Å². The van der Waals surface area contributed by atoms with Gasteiger partial charge >= 0.3 is 0 Å². The Bertz CT molecular complexity index is 1060. The first-order chi connectivity index (χ1) is 13.8. The van der Waals surface area contributed by atoms with Gasteiger partial charge in [-0.3, -0.25) is 14.2 Å². The van der Waals surface area contributed by atoms with Crippen molar-refractivity contribution in [2.45, 2.75) is 12.2 Å². The third-order valence-corrected chi connectivity index (χ3v) is 5.28. The zero-order chi connectivity index (χ0) is 19.2. The highest BCUT2D eigenvalue weighted by atomic mass is 32.2. The van der Waals surface area contributed by atoms with E-state index in [1.165, 1.54) is 0 Å². The lowest BCUT2D eigenvalue weighted by Gasteiger charge is -2.08. The molecule has 5 nitrogen and oxygen atoms in total. The van der Waals surface area contributed by atoms with Gasteiger partial charge in [-0.1, -0.05) is 42.5 Å². The fraction of sp³-hybridized carbons (Fsp3) is 0.136. The van der Waals surface area contributed by atoms with E-state index >= 15 is 0 Å². The second kappa shape index (κ2) is 8.71. The molecule has 0 fully saturated rings. The van der Waals surface area contributed by atoms with E-state index in [0.29, 0.717) is 12.2 Å². The summed E-state index contributed by atoms with van der Waals surface area (Å²) in [6.07, 6.45) is 4.14. The van der Waals surface area contributed by atoms with Crippen molar-refractivity contribution in [3.8, 4) is 11.3 Å². The smallest absolute Gasteiger partial charge is 0.226 e. The van der Waals surface area contributed by atoms with Crippen LogP contribution in [0.4, 0.5) is 5.82 Å². The van der Waals surface area contributed by atoms with E-state index in [9.17, 15) is 4.79 Å². The van der Waals surface area contributed by atoms with E-state index in [1.54, 1.807) is 18.0 Å². The SMILES string of the molecule is O=C(CCSCc1ccccn1)Nc1c(-c2ccccc2)nc2ccccn12. The number of carbonyl (C=O) groups excluding carboxylic acids is 1. The fourth-order valence-corrected chi connectivity index (χ4v) is 3.79. The number of benzene rings is 1. The highest BCUT2D eigenvalue weighted by Crippen LogP contribution is 2.28. The van der Waals surface area contributed by atoms with Gasteiger partial charge in [0.1, 0.15) is 17.2 Å². The number of hydrogen-bond donors (Lipinski definition) is 1. The number of nitrogens with one attached hydrogen (secondary N) is 1. The minimum Gasteiger partial charge on any atom is -0.310 e. The molecule has 0 bridgehead atoms. The third kappa shape index (κ3) is 4.23. The first kappa shape index (κ1) is 18.3. The highest BCUT2D eigenvalue weighted by molar-refractivity contribution is 7.98. The van der Waals surface area contributed by atoms with E-state index in [4.69, 9.17) is 4.98 Å². The van der Waals surface area contributed by atoms with Crippen molar-refractivity contribution in [3.63, 3.8) is 0 Å². The molecule has 3 aromatic heterocycles. The Labute approximate surface area is 167 Å². The van der Waals surface area contributed by atoms with Gasteiger partial charge in [0, 0.05) is 35.9 Å². The van der Waals surface area contributed by atoms with Crippen molar-refractivity contribution in [1.29, 1.82) is 0 Å². The van der Waals surface area contributed by atoms with Gasteiger partial charge in [0.05, 0.1) is 5.69 Å². The molecule has 3 heterocycles. The predicted octanol–water partition coefficient (Wildman–Crippen LogP) is 4.66. The maximum absolute atomic E-state index is 12.6. The van der Waals surface area contributed by atoms with Gasteiger partial charge in [0.15, 0.2) is 0 Å². The van der Waals surface area contributed by atoms with Gasteiger partial charge in [-0.15, -0.1) is 0 Å². The summed E-state index contributed by atoms with van der Waals surface area (Å²) < 4.78 is 1.92. The van der Waals surface area contributed by atoms with Crippen LogP contribution < -0.4 is 5.32 Å². The Morgan fingerprint density at radius 1 is 1.00 bits per heavy atom. The van der Waals surface area contributed by atoms with Gasteiger partial charge < -0.3 is 5.32 Å². The van der Waals surface area contributed by atoms with Crippen molar-refractivity contribution >= 4 is 29.1 Å². The van der Waals surface area contributed by atoms with Crippen molar-refractivity contribution in [1.82, 2.24) is 14.4 Å².